The highest BCUT2D eigenvalue weighted by molar-refractivity contribution is 5.63. The summed E-state index contributed by atoms with van der Waals surface area (Å²) < 4.78 is 5.84. The lowest BCUT2D eigenvalue weighted by Gasteiger charge is -2.21. The number of benzene rings is 1. The van der Waals surface area contributed by atoms with Crippen molar-refractivity contribution in [2.45, 2.75) is 40.7 Å². The Kier molecular flexibility index (Phi) is 5.79. The molecule has 1 aromatic carbocycles. The van der Waals surface area contributed by atoms with E-state index in [1.165, 1.54) is 0 Å². The van der Waals surface area contributed by atoms with Crippen LogP contribution in [0.15, 0.2) is 30.3 Å². The Morgan fingerprint density at radius 2 is 1.83 bits per heavy atom. The molecule has 0 aliphatic carbocycles. The SMILES string of the molecule is CCN(CC)c1cc(C)nc(Nc2ccccc2OC(C)C)n1. The van der Waals surface area contributed by atoms with Gasteiger partial charge in [-0.3, -0.25) is 0 Å². The Hall–Kier alpha value is -2.30. The Labute approximate surface area is 138 Å². The first kappa shape index (κ1) is 17.1. The van der Waals surface area contributed by atoms with Gasteiger partial charge in [0, 0.05) is 24.8 Å². The summed E-state index contributed by atoms with van der Waals surface area (Å²) in [7, 11) is 0. The van der Waals surface area contributed by atoms with Gasteiger partial charge in [0.1, 0.15) is 11.6 Å². The number of aryl methyl sites for hydroxylation is 1. The van der Waals surface area contributed by atoms with Crippen LogP contribution in [0.2, 0.25) is 0 Å². The van der Waals surface area contributed by atoms with Crippen LogP contribution in [0.4, 0.5) is 17.5 Å². The summed E-state index contributed by atoms with van der Waals surface area (Å²) in [5.41, 5.74) is 1.81. The highest BCUT2D eigenvalue weighted by Gasteiger charge is 2.10. The third-order valence-electron chi connectivity index (χ3n) is 3.42. The molecule has 2 rings (SSSR count). The fourth-order valence-corrected chi connectivity index (χ4v) is 2.36. The second-order valence-corrected chi connectivity index (χ2v) is 5.65. The maximum atomic E-state index is 5.84. The number of hydrogen-bond donors (Lipinski definition) is 1. The number of rotatable bonds is 7. The van der Waals surface area contributed by atoms with Crippen molar-refractivity contribution in [3.8, 4) is 5.75 Å². The lowest BCUT2D eigenvalue weighted by atomic mass is 10.3. The zero-order chi connectivity index (χ0) is 16.8. The van der Waals surface area contributed by atoms with E-state index in [-0.39, 0.29) is 6.10 Å². The van der Waals surface area contributed by atoms with Crippen LogP contribution in [0.3, 0.4) is 0 Å². The molecule has 2 aromatic rings. The molecule has 0 radical (unpaired) electrons. The molecule has 0 atom stereocenters. The van der Waals surface area contributed by atoms with E-state index in [1.807, 2.05) is 51.1 Å². The molecule has 0 aliphatic heterocycles. The topological polar surface area (TPSA) is 50.3 Å². The average molecular weight is 314 g/mol. The molecule has 0 saturated heterocycles. The van der Waals surface area contributed by atoms with Crippen LogP contribution >= 0.6 is 0 Å². The zero-order valence-electron chi connectivity index (χ0n) is 14.6. The highest BCUT2D eigenvalue weighted by atomic mass is 16.5. The van der Waals surface area contributed by atoms with Crippen molar-refractivity contribution in [2.24, 2.45) is 0 Å². The van der Waals surface area contributed by atoms with Crippen molar-refractivity contribution in [1.29, 1.82) is 0 Å². The van der Waals surface area contributed by atoms with Crippen LogP contribution in [-0.2, 0) is 0 Å². The van der Waals surface area contributed by atoms with Gasteiger partial charge < -0.3 is 15.0 Å². The maximum Gasteiger partial charge on any atom is 0.229 e. The summed E-state index contributed by atoms with van der Waals surface area (Å²) in [5.74, 6) is 2.33. The Morgan fingerprint density at radius 3 is 2.48 bits per heavy atom. The summed E-state index contributed by atoms with van der Waals surface area (Å²) in [5, 5.41) is 3.29. The molecule has 0 aliphatic rings. The number of nitrogens with one attached hydrogen (secondary N) is 1. The number of nitrogens with zero attached hydrogens (tertiary/aromatic N) is 3. The normalized spacial score (nSPS) is 10.7. The molecule has 1 aromatic heterocycles. The van der Waals surface area contributed by atoms with Gasteiger partial charge in [-0.25, -0.2) is 4.98 Å². The number of ether oxygens (including phenoxy) is 1. The molecule has 0 unspecified atom stereocenters. The molecule has 5 nitrogen and oxygen atoms in total. The van der Waals surface area contributed by atoms with Crippen LogP contribution < -0.4 is 15.0 Å². The monoisotopic (exact) mass is 314 g/mol. The smallest absolute Gasteiger partial charge is 0.229 e. The van der Waals surface area contributed by atoms with E-state index in [0.717, 1.165) is 36.0 Å². The second kappa shape index (κ2) is 7.81. The number of para-hydroxylation sites is 2. The first-order valence-electron chi connectivity index (χ1n) is 8.16. The Balaban J connectivity index is 2.30. The van der Waals surface area contributed by atoms with E-state index in [0.29, 0.717) is 5.95 Å². The van der Waals surface area contributed by atoms with E-state index in [9.17, 15) is 0 Å². The van der Waals surface area contributed by atoms with Crippen molar-refractivity contribution in [2.75, 3.05) is 23.3 Å². The quantitative estimate of drug-likeness (QED) is 0.831. The van der Waals surface area contributed by atoms with Gasteiger partial charge in [-0.1, -0.05) is 12.1 Å². The fourth-order valence-electron chi connectivity index (χ4n) is 2.36. The van der Waals surface area contributed by atoms with Gasteiger partial charge >= 0.3 is 0 Å². The van der Waals surface area contributed by atoms with Crippen LogP contribution in [0.25, 0.3) is 0 Å². The first-order chi connectivity index (χ1) is 11.0. The van der Waals surface area contributed by atoms with Crippen LogP contribution in [0, 0.1) is 6.92 Å². The minimum atomic E-state index is 0.114. The molecule has 0 fully saturated rings. The van der Waals surface area contributed by atoms with Crippen LogP contribution in [0.1, 0.15) is 33.4 Å². The summed E-state index contributed by atoms with van der Waals surface area (Å²) in [6, 6.07) is 9.86. The molecule has 5 heteroatoms. The van der Waals surface area contributed by atoms with Gasteiger partial charge in [0.05, 0.1) is 11.8 Å². The van der Waals surface area contributed by atoms with Gasteiger partial charge in [-0.2, -0.15) is 4.98 Å². The number of anilines is 3. The summed E-state index contributed by atoms with van der Waals surface area (Å²) >= 11 is 0. The Bertz CT molecular complexity index is 639. The van der Waals surface area contributed by atoms with Crippen molar-refractivity contribution in [1.82, 2.24) is 9.97 Å². The van der Waals surface area contributed by atoms with Crippen molar-refractivity contribution < 1.29 is 4.74 Å². The minimum Gasteiger partial charge on any atom is -0.489 e. The lowest BCUT2D eigenvalue weighted by molar-refractivity contribution is 0.244. The van der Waals surface area contributed by atoms with Crippen LogP contribution in [-0.4, -0.2) is 29.2 Å². The minimum absolute atomic E-state index is 0.114. The maximum absolute atomic E-state index is 5.84. The Morgan fingerprint density at radius 1 is 1.13 bits per heavy atom. The lowest BCUT2D eigenvalue weighted by Crippen LogP contribution is -2.23. The molecule has 0 bridgehead atoms. The van der Waals surface area contributed by atoms with E-state index in [4.69, 9.17) is 4.74 Å². The van der Waals surface area contributed by atoms with Gasteiger partial charge in [0.2, 0.25) is 5.95 Å². The third-order valence-corrected chi connectivity index (χ3v) is 3.42. The number of hydrogen-bond acceptors (Lipinski definition) is 5. The zero-order valence-corrected chi connectivity index (χ0v) is 14.6. The second-order valence-electron chi connectivity index (χ2n) is 5.65. The molecule has 23 heavy (non-hydrogen) atoms. The van der Waals surface area contributed by atoms with E-state index in [1.54, 1.807) is 0 Å². The molecule has 0 amide bonds. The predicted octanol–water partition coefficient (Wildman–Crippen LogP) is 4.16. The van der Waals surface area contributed by atoms with Gasteiger partial charge in [0.15, 0.2) is 0 Å². The molecule has 1 heterocycles. The van der Waals surface area contributed by atoms with E-state index in [2.05, 4.69) is 34.0 Å². The van der Waals surface area contributed by atoms with Gasteiger partial charge in [-0.15, -0.1) is 0 Å². The summed E-state index contributed by atoms with van der Waals surface area (Å²) in [4.78, 5) is 11.3. The van der Waals surface area contributed by atoms with Crippen molar-refractivity contribution >= 4 is 17.5 Å². The van der Waals surface area contributed by atoms with E-state index < -0.39 is 0 Å². The molecular weight excluding hydrogens is 288 g/mol. The van der Waals surface area contributed by atoms with Crippen molar-refractivity contribution in [3.05, 3.63) is 36.0 Å². The molecule has 0 spiro atoms. The molecular formula is C18H26N4O. The first-order valence-corrected chi connectivity index (χ1v) is 8.16. The summed E-state index contributed by atoms with van der Waals surface area (Å²) in [6.45, 7) is 12.1. The standard InChI is InChI=1S/C18H26N4O/c1-6-22(7-2)17-12-14(5)19-18(21-17)20-15-10-8-9-11-16(15)23-13(3)4/h8-13H,6-7H2,1-5H3,(H,19,20,21). The van der Waals surface area contributed by atoms with Crippen LogP contribution in [0.5, 0.6) is 5.75 Å². The molecule has 1 N–H and O–H groups in total. The largest absolute Gasteiger partial charge is 0.489 e. The highest BCUT2D eigenvalue weighted by Crippen LogP contribution is 2.27. The average Bonchev–Trinajstić information content (AvgIpc) is 2.49. The van der Waals surface area contributed by atoms with Gasteiger partial charge in [0.25, 0.3) is 0 Å². The molecule has 124 valence electrons. The summed E-state index contributed by atoms with van der Waals surface area (Å²) in [6.07, 6.45) is 0.114. The van der Waals surface area contributed by atoms with Gasteiger partial charge in [-0.05, 0) is 46.8 Å². The molecule has 0 saturated carbocycles. The predicted molar refractivity (Wildman–Crippen MR) is 95.8 cm³/mol. The van der Waals surface area contributed by atoms with E-state index >= 15 is 0 Å². The number of aromatic nitrogens is 2. The fraction of sp³-hybridized carbons (Fsp3) is 0.444. The van der Waals surface area contributed by atoms with Crippen molar-refractivity contribution in [3.63, 3.8) is 0 Å². The third kappa shape index (κ3) is 4.58.